The van der Waals surface area contributed by atoms with Gasteiger partial charge in [0, 0.05) is 52.6 Å². The fourth-order valence-corrected chi connectivity index (χ4v) is 6.57. The smallest absolute Gasteiger partial charge is 0.0239 e. The predicted molar refractivity (Wildman–Crippen MR) is 191 cm³/mol. The molecular formula is C44H34Ir2N2-2. The van der Waals surface area contributed by atoms with Crippen molar-refractivity contribution in [3.63, 3.8) is 0 Å². The summed E-state index contributed by atoms with van der Waals surface area (Å²) in [7, 11) is 0. The topological polar surface area (TPSA) is 25.8 Å². The molecule has 2 aromatic heterocycles. The van der Waals surface area contributed by atoms with Crippen molar-refractivity contribution in [3.05, 3.63) is 168 Å². The van der Waals surface area contributed by atoms with Crippen molar-refractivity contribution in [1.29, 1.82) is 0 Å². The molecule has 0 aliphatic carbocycles. The Morgan fingerprint density at radius 1 is 0.438 bits per heavy atom. The molecule has 0 N–H and O–H groups in total. The summed E-state index contributed by atoms with van der Waals surface area (Å²) in [6, 6.07) is 48.8. The van der Waals surface area contributed by atoms with Crippen molar-refractivity contribution < 1.29 is 40.2 Å². The Balaban J connectivity index is 0.00000225. The summed E-state index contributed by atoms with van der Waals surface area (Å²) in [5.74, 6) is 0. The van der Waals surface area contributed by atoms with Gasteiger partial charge in [0.1, 0.15) is 0 Å². The fraction of sp³-hybridized carbons (Fsp3) is 0.0909. The summed E-state index contributed by atoms with van der Waals surface area (Å²) in [5, 5.41) is 0. The van der Waals surface area contributed by atoms with Crippen molar-refractivity contribution in [1.82, 2.24) is 9.97 Å². The second-order valence-electron chi connectivity index (χ2n) is 11.8. The van der Waals surface area contributed by atoms with E-state index in [-0.39, 0.29) is 40.2 Å². The maximum absolute atomic E-state index is 4.82. The summed E-state index contributed by atoms with van der Waals surface area (Å²) in [6.07, 6.45) is 3.81. The van der Waals surface area contributed by atoms with Gasteiger partial charge in [-0.15, -0.1) is 65.7 Å². The van der Waals surface area contributed by atoms with Crippen LogP contribution in [0.4, 0.5) is 0 Å². The molecule has 240 valence electrons. The summed E-state index contributed by atoms with van der Waals surface area (Å²) in [4.78, 5) is 9.32. The molecule has 0 bridgehead atoms. The van der Waals surface area contributed by atoms with E-state index in [1.54, 1.807) is 0 Å². The van der Waals surface area contributed by atoms with Crippen LogP contribution >= 0.6 is 0 Å². The molecule has 7 aromatic rings. The molecular weight excluding hydrogens is 941 g/mol. The van der Waals surface area contributed by atoms with Crippen molar-refractivity contribution in [2.45, 2.75) is 27.7 Å². The van der Waals surface area contributed by atoms with Gasteiger partial charge in [0.25, 0.3) is 0 Å². The van der Waals surface area contributed by atoms with Gasteiger partial charge in [-0.05, 0) is 101 Å². The van der Waals surface area contributed by atoms with Gasteiger partial charge in [0.15, 0.2) is 0 Å². The third-order valence-electron chi connectivity index (χ3n) is 9.14. The van der Waals surface area contributed by atoms with E-state index in [0.717, 1.165) is 33.6 Å². The van der Waals surface area contributed by atoms with Crippen LogP contribution in [0.2, 0.25) is 0 Å². The van der Waals surface area contributed by atoms with Gasteiger partial charge >= 0.3 is 0 Å². The van der Waals surface area contributed by atoms with Gasteiger partial charge in [-0.2, -0.15) is 0 Å². The van der Waals surface area contributed by atoms with Gasteiger partial charge < -0.3 is 9.97 Å². The Morgan fingerprint density at radius 2 is 0.958 bits per heavy atom. The Labute approximate surface area is 311 Å². The van der Waals surface area contributed by atoms with Gasteiger partial charge in [-0.3, -0.25) is 0 Å². The summed E-state index contributed by atoms with van der Waals surface area (Å²) < 4.78 is 0. The van der Waals surface area contributed by atoms with E-state index in [1.165, 1.54) is 55.6 Å². The van der Waals surface area contributed by atoms with E-state index in [4.69, 9.17) is 4.98 Å². The van der Waals surface area contributed by atoms with E-state index in [9.17, 15) is 0 Å². The molecule has 2 nitrogen and oxygen atoms in total. The van der Waals surface area contributed by atoms with Gasteiger partial charge in [0.05, 0.1) is 0 Å². The average Bonchev–Trinajstić information content (AvgIpc) is 3.12. The molecule has 0 aliphatic rings. The molecule has 2 radical (unpaired) electrons. The monoisotopic (exact) mass is 976 g/mol. The number of aromatic nitrogens is 2. The zero-order valence-electron chi connectivity index (χ0n) is 27.3. The Hall–Kier alpha value is -4.30. The van der Waals surface area contributed by atoms with Crippen LogP contribution in [-0.4, -0.2) is 9.97 Å². The molecule has 0 aliphatic heterocycles. The average molecular weight is 975 g/mol. The van der Waals surface area contributed by atoms with Gasteiger partial charge in [0.2, 0.25) is 0 Å². The number of hydrogen-bond donors (Lipinski definition) is 0. The van der Waals surface area contributed by atoms with E-state index < -0.39 is 0 Å². The number of benzene rings is 5. The van der Waals surface area contributed by atoms with Crippen molar-refractivity contribution in [2.75, 3.05) is 0 Å². The molecule has 0 amide bonds. The Bertz CT molecular complexity index is 1970. The van der Waals surface area contributed by atoms with Crippen LogP contribution in [0.5, 0.6) is 0 Å². The van der Waals surface area contributed by atoms with Crippen molar-refractivity contribution in [2.24, 2.45) is 0 Å². The Kier molecular flexibility index (Phi) is 11.1. The number of hydrogen-bond acceptors (Lipinski definition) is 2. The van der Waals surface area contributed by atoms with Gasteiger partial charge in [-0.1, -0.05) is 83.9 Å². The van der Waals surface area contributed by atoms with Crippen molar-refractivity contribution in [3.8, 4) is 67.0 Å². The second-order valence-corrected chi connectivity index (χ2v) is 11.8. The number of pyridine rings is 2. The first-order chi connectivity index (χ1) is 22.5. The van der Waals surface area contributed by atoms with Crippen LogP contribution in [0.15, 0.2) is 134 Å². The first kappa shape index (κ1) is 35.0. The largest absolute Gasteiger partial charge is 0.305 e. The molecule has 7 rings (SSSR count). The fourth-order valence-electron chi connectivity index (χ4n) is 6.57. The van der Waals surface area contributed by atoms with Crippen LogP contribution in [-0.2, 0) is 40.2 Å². The SMILES string of the molecule is Cc1c(C)c(-c2ccccc2-c2ccc(-c3[c-]cccc3)nc2)c(C)c(C)c1-c1ccccc1-c1c[c-]c(-c2ccccn2)cc1.[Ir].[Ir]. The molecule has 0 spiro atoms. The minimum Gasteiger partial charge on any atom is -0.305 e. The van der Waals surface area contributed by atoms with Crippen LogP contribution in [0.25, 0.3) is 67.0 Å². The molecule has 0 unspecified atom stereocenters. The third kappa shape index (κ3) is 6.68. The molecule has 5 aromatic carbocycles. The normalized spacial score (nSPS) is 10.6. The quantitative estimate of drug-likeness (QED) is 0.155. The van der Waals surface area contributed by atoms with E-state index in [2.05, 4.69) is 124 Å². The standard InChI is InChI=1S/C44H34N2.2Ir/c1-29-31(3)44(40-19-11-9-17-38(40)36-25-26-42(46-28-36)34-14-6-5-7-15-34)32(4)30(2)43(29)39-18-10-8-16-37(39)33-21-23-35(24-22-33)41-20-12-13-27-45-41;;/h5-14,16-23,25-28H,1-4H3;;/q-2;;. The summed E-state index contributed by atoms with van der Waals surface area (Å²) >= 11 is 0. The zero-order valence-corrected chi connectivity index (χ0v) is 32.1. The molecule has 0 saturated carbocycles. The zero-order chi connectivity index (χ0) is 31.6. The van der Waals surface area contributed by atoms with E-state index >= 15 is 0 Å². The summed E-state index contributed by atoms with van der Waals surface area (Å²) in [6.45, 7) is 9.07. The molecule has 4 heteroatoms. The maximum Gasteiger partial charge on any atom is 0.0239 e. The maximum atomic E-state index is 4.82. The van der Waals surface area contributed by atoms with E-state index in [1.807, 2.05) is 54.9 Å². The molecule has 2 heterocycles. The minimum absolute atomic E-state index is 0. The Morgan fingerprint density at radius 3 is 1.46 bits per heavy atom. The minimum atomic E-state index is 0. The molecule has 0 saturated heterocycles. The second kappa shape index (κ2) is 15.3. The first-order valence-electron chi connectivity index (χ1n) is 15.7. The van der Waals surface area contributed by atoms with Gasteiger partial charge in [-0.25, -0.2) is 0 Å². The first-order valence-corrected chi connectivity index (χ1v) is 15.7. The van der Waals surface area contributed by atoms with Crippen LogP contribution in [0, 0.1) is 39.8 Å². The number of rotatable bonds is 6. The van der Waals surface area contributed by atoms with Crippen LogP contribution in [0.3, 0.4) is 0 Å². The molecule has 0 fully saturated rings. The van der Waals surface area contributed by atoms with E-state index in [0.29, 0.717) is 0 Å². The van der Waals surface area contributed by atoms with Crippen LogP contribution < -0.4 is 0 Å². The number of nitrogens with zero attached hydrogens (tertiary/aromatic N) is 2. The predicted octanol–water partition coefficient (Wildman–Crippen LogP) is 11.3. The summed E-state index contributed by atoms with van der Waals surface area (Å²) in [5.41, 5.74) is 18.7. The molecule has 48 heavy (non-hydrogen) atoms. The van der Waals surface area contributed by atoms with Crippen molar-refractivity contribution >= 4 is 0 Å². The molecule has 0 atom stereocenters. The van der Waals surface area contributed by atoms with Crippen LogP contribution in [0.1, 0.15) is 22.3 Å². The third-order valence-corrected chi connectivity index (χ3v) is 9.14.